The van der Waals surface area contributed by atoms with Crippen LogP contribution >= 0.6 is 11.8 Å². The van der Waals surface area contributed by atoms with Crippen molar-refractivity contribution in [2.75, 3.05) is 7.11 Å². The molecule has 3 rings (SSSR count). The summed E-state index contributed by atoms with van der Waals surface area (Å²) in [5.74, 6) is 1.21. The van der Waals surface area contributed by atoms with Crippen molar-refractivity contribution in [3.8, 4) is 17.2 Å². The van der Waals surface area contributed by atoms with Gasteiger partial charge < -0.3 is 19.0 Å². The highest BCUT2D eigenvalue weighted by Gasteiger charge is 2.14. The van der Waals surface area contributed by atoms with Crippen molar-refractivity contribution in [3.05, 3.63) is 52.7 Å². The van der Waals surface area contributed by atoms with Gasteiger partial charge in [0.2, 0.25) is 0 Å². The third-order valence-corrected chi connectivity index (χ3v) is 4.84. The van der Waals surface area contributed by atoms with Crippen molar-refractivity contribution in [1.82, 2.24) is 0 Å². The second kappa shape index (κ2) is 7.74. The zero-order valence-electron chi connectivity index (χ0n) is 14.8. The average molecular weight is 372 g/mol. The first-order chi connectivity index (χ1) is 12.5. The zero-order valence-corrected chi connectivity index (χ0v) is 15.6. The van der Waals surface area contributed by atoms with E-state index in [-0.39, 0.29) is 17.3 Å². The number of aromatic hydroxyl groups is 1. The Hall–Kier alpha value is -2.60. The number of rotatable bonds is 6. The first kappa shape index (κ1) is 18.2. The van der Waals surface area contributed by atoms with Crippen LogP contribution < -0.4 is 14.9 Å². The summed E-state index contributed by atoms with van der Waals surface area (Å²) in [6, 6.07) is 11.5. The van der Waals surface area contributed by atoms with Gasteiger partial charge in [0.25, 0.3) is 0 Å². The number of fused-ring (bicyclic) bond motifs is 1. The maximum Gasteiger partial charge on any atom is 0.197 e. The van der Waals surface area contributed by atoms with Crippen molar-refractivity contribution < 1.29 is 19.0 Å². The van der Waals surface area contributed by atoms with Crippen LogP contribution in [0.5, 0.6) is 17.2 Å². The van der Waals surface area contributed by atoms with Gasteiger partial charge in [-0.3, -0.25) is 4.79 Å². The minimum absolute atomic E-state index is 0.0402. The minimum atomic E-state index is -0.181. The van der Waals surface area contributed by atoms with E-state index in [9.17, 15) is 9.90 Å². The van der Waals surface area contributed by atoms with Gasteiger partial charge in [0, 0.05) is 23.1 Å². The molecule has 0 bridgehead atoms. The molecule has 0 spiro atoms. The van der Waals surface area contributed by atoms with Crippen LogP contribution in [0.3, 0.4) is 0 Å². The molecule has 1 N–H and O–H groups in total. The van der Waals surface area contributed by atoms with Crippen LogP contribution in [0.2, 0.25) is 0 Å². The molecule has 6 heteroatoms. The quantitative estimate of drug-likeness (QED) is 0.668. The molecular weight excluding hydrogens is 352 g/mol. The van der Waals surface area contributed by atoms with E-state index in [0.29, 0.717) is 27.6 Å². The molecule has 0 amide bonds. The summed E-state index contributed by atoms with van der Waals surface area (Å²) in [4.78, 5) is 13.4. The number of phenolic OH excluding ortho intramolecular Hbond substituents is 1. The summed E-state index contributed by atoms with van der Waals surface area (Å²) in [5, 5.41) is 10.2. The molecule has 0 aliphatic carbocycles. The average Bonchev–Trinajstić information content (AvgIpc) is 2.62. The number of benzene rings is 2. The van der Waals surface area contributed by atoms with Crippen molar-refractivity contribution in [2.24, 2.45) is 0 Å². The fourth-order valence-corrected chi connectivity index (χ4v) is 3.23. The van der Waals surface area contributed by atoms with Gasteiger partial charge in [0.05, 0.1) is 13.2 Å². The van der Waals surface area contributed by atoms with E-state index in [0.717, 1.165) is 11.3 Å². The van der Waals surface area contributed by atoms with Crippen molar-refractivity contribution >= 4 is 22.7 Å². The van der Waals surface area contributed by atoms with Gasteiger partial charge in [0.15, 0.2) is 10.5 Å². The van der Waals surface area contributed by atoms with E-state index in [2.05, 4.69) is 0 Å². The molecule has 0 radical (unpaired) electrons. The molecule has 3 aromatic rings. The van der Waals surface area contributed by atoms with Gasteiger partial charge in [-0.15, -0.1) is 0 Å². The van der Waals surface area contributed by atoms with E-state index in [4.69, 9.17) is 13.9 Å². The molecule has 1 unspecified atom stereocenters. The van der Waals surface area contributed by atoms with Crippen molar-refractivity contribution in [2.45, 2.75) is 36.4 Å². The molecule has 0 saturated heterocycles. The maximum absolute atomic E-state index is 12.6. The van der Waals surface area contributed by atoms with Crippen LogP contribution in [0.4, 0.5) is 0 Å². The third-order valence-electron chi connectivity index (χ3n) is 3.93. The van der Waals surface area contributed by atoms with Crippen LogP contribution in [-0.2, 0) is 0 Å². The van der Waals surface area contributed by atoms with E-state index in [1.54, 1.807) is 36.4 Å². The van der Waals surface area contributed by atoms with Crippen LogP contribution in [0.25, 0.3) is 11.0 Å². The zero-order chi connectivity index (χ0) is 18.7. The second-order valence-electron chi connectivity index (χ2n) is 5.86. The molecule has 1 atom stereocenters. The Morgan fingerprint density at radius 1 is 1.19 bits per heavy atom. The number of phenols is 1. The fraction of sp³-hybridized carbons (Fsp3) is 0.250. The monoisotopic (exact) mass is 372 g/mol. The summed E-state index contributed by atoms with van der Waals surface area (Å²) < 4.78 is 17.1. The van der Waals surface area contributed by atoms with Gasteiger partial charge in [-0.1, -0.05) is 18.7 Å². The summed E-state index contributed by atoms with van der Waals surface area (Å²) >= 11 is 1.30. The Bertz CT molecular complexity index is 962. The minimum Gasteiger partial charge on any atom is -0.508 e. The van der Waals surface area contributed by atoms with Crippen LogP contribution in [0.15, 0.2) is 61.7 Å². The summed E-state index contributed by atoms with van der Waals surface area (Å²) in [6.45, 7) is 4.01. The number of methoxy groups -OCH3 is 1. The van der Waals surface area contributed by atoms with Gasteiger partial charge in [0.1, 0.15) is 28.2 Å². The van der Waals surface area contributed by atoms with Crippen molar-refractivity contribution in [1.29, 1.82) is 0 Å². The highest BCUT2D eigenvalue weighted by Crippen LogP contribution is 2.34. The molecule has 5 nitrogen and oxygen atoms in total. The number of hydrogen-bond acceptors (Lipinski definition) is 6. The fourth-order valence-electron chi connectivity index (χ4n) is 2.43. The Balaban J connectivity index is 2.04. The number of ether oxygens (including phenoxy) is 2. The molecule has 136 valence electrons. The summed E-state index contributed by atoms with van der Waals surface area (Å²) in [5.41, 5.74) is 0.232. The third kappa shape index (κ3) is 3.96. The predicted octanol–water partition coefficient (Wildman–Crippen LogP) is 4.84. The van der Waals surface area contributed by atoms with E-state index in [1.165, 1.54) is 24.9 Å². The highest BCUT2D eigenvalue weighted by atomic mass is 32.2. The second-order valence-corrected chi connectivity index (χ2v) is 6.94. The Morgan fingerprint density at radius 3 is 2.58 bits per heavy atom. The Labute approximate surface area is 155 Å². The topological polar surface area (TPSA) is 68.9 Å². The van der Waals surface area contributed by atoms with E-state index in [1.807, 2.05) is 13.8 Å². The largest absolute Gasteiger partial charge is 0.508 e. The van der Waals surface area contributed by atoms with Gasteiger partial charge in [-0.25, -0.2) is 0 Å². The summed E-state index contributed by atoms with van der Waals surface area (Å²) in [7, 11) is 1.51. The van der Waals surface area contributed by atoms with E-state index >= 15 is 0 Å². The van der Waals surface area contributed by atoms with Gasteiger partial charge in [-0.2, -0.15) is 0 Å². The molecule has 0 aliphatic heterocycles. The van der Waals surface area contributed by atoms with Crippen LogP contribution in [0, 0.1) is 0 Å². The van der Waals surface area contributed by atoms with Crippen LogP contribution in [0.1, 0.15) is 20.3 Å². The smallest absolute Gasteiger partial charge is 0.197 e. The molecule has 0 fully saturated rings. The molecule has 0 saturated carbocycles. The molecule has 26 heavy (non-hydrogen) atoms. The standard InChI is InChI=1S/C20H20O5S/c1-4-12(2)24-14-9-17(23-3)20-16(22)11-19(25-18(20)10-14)26-15-7-5-13(21)6-8-15/h5-12,21H,4H2,1-3H3. The lowest BCUT2D eigenvalue weighted by Crippen LogP contribution is -2.10. The molecular formula is C20H20O5S. The maximum atomic E-state index is 12.6. The highest BCUT2D eigenvalue weighted by molar-refractivity contribution is 7.99. The molecule has 1 heterocycles. The number of hydrogen-bond donors (Lipinski definition) is 1. The lowest BCUT2D eigenvalue weighted by molar-refractivity contribution is 0.216. The first-order valence-electron chi connectivity index (χ1n) is 8.29. The molecule has 2 aromatic carbocycles. The predicted molar refractivity (Wildman–Crippen MR) is 102 cm³/mol. The van der Waals surface area contributed by atoms with Crippen LogP contribution in [-0.4, -0.2) is 18.3 Å². The van der Waals surface area contributed by atoms with E-state index < -0.39 is 0 Å². The lowest BCUT2D eigenvalue weighted by Gasteiger charge is -2.14. The van der Waals surface area contributed by atoms with Gasteiger partial charge >= 0.3 is 0 Å². The first-order valence-corrected chi connectivity index (χ1v) is 9.11. The van der Waals surface area contributed by atoms with Gasteiger partial charge in [-0.05, 0) is 37.6 Å². The Kier molecular flexibility index (Phi) is 5.42. The molecule has 0 aliphatic rings. The van der Waals surface area contributed by atoms with Crippen molar-refractivity contribution in [3.63, 3.8) is 0 Å². The Morgan fingerprint density at radius 2 is 1.92 bits per heavy atom. The SMILES string of the molecule is CCC(C)Oc1cc(OC)c2c(=O)cc(Sc3ccc(O)cc3)oc2c1. The summed E-state index contributed by atoms with van der Waals surface area (Å²) in [6.07, 6.45) is 0.902. The molecule has 1 aromatic heterocycles. The normalized spacial score (nSPS) is 12.1. The lowest BCUT2D eigenvalue weighted by atomic mass is 10.2.